The van der Waals surface area contributed by atoms with Crippen molar-refractivity contribution in [3.8, 4) is 0 Å². The van der Waals surface area contributed by atoms with Crippen molar-refractivity contribution in [3.63, 3.8) is 0 Å². The maximum atomic E-state index is 11.8. The molecule has 114 valence electrons. The van der Waals surface area contributed by atoms with Crippen molar-refractivity contribution in [2.45, 2.75) is 0 Å². The molecule has 0 bridgehead atoms. The number of benzene rings is 1. The maximum absolute atomic E-state index is 11.8. The molecule has 8 heteroatoms. The van der Waals surface area contributed by atoms with E-state index in [1.807, 2.05) is 0 Å². The van der Waals surface area contributed by atoms with Crippen LogP contribution in [0.5, 0.6) is 0 Å². The van der Waals surface area contributed by atoms with Gasteiger partial charge in [0.15, 0.2) is 0 Å². The number of amides is 1. The van der Waals surface area contributed by atoms with Crippen LogP contribution in [0.25, 0.3) is 0 Å². The molecule has 1 aliphatic rings. The lowest BCUT2D eigenvalue weighted by Crippen LogP contribution is -2.50. The molecule has 0 radical (unpaired) electrons. The molecule has 0 aliphatic carbocycles. The molecule has 1 aromatic rings. The van der Waals surface area contributed by atoms with Gasteiger partial charge in [-0.2, -0.15) is 0 Å². The Balaban J connectivity index is 2.21. The Morgan fingerprint density at radius 2 is 2.24 bits per heavy atom. The molecule has 1 aromatic carbocycles. The lowest BCUT2D eigenvalue weighted by Gasteiger charge is -2.40. The van der Waals surface area contributed by atoms with Gasteiger partial charge in [0, 0.05) is 31.4 Å². The first kappa shape index (κ1) is 15.2. The molecular formula is C13H17N3O5. The van der Waals surface area contributed by atoms with E-state index in [0.29, 0.717) is 25.4 Å². The quantitative estimate of drug-likeness (QED) is 0.516. The first-order valence-electron chi connectivity index (χ1n) is 6.44. The van der Waals surface area contributed by atoms with Crippen LogP contribution < -0.4 is 10.6 Å². The second-order valence-electron chi connectivity index (χ2n) is 5.07. The lowest BCUT2D eigenvalue weighted by molar-refractivity contribution is -0.384. The smallest absolute Gasteiger partial charge is 0.270 e. The van der Waals surface area contributed by atoms with Crippen LogP contribution >= 0.6 is 0 Å². The van der Waals surface area contributed by atoms with Gasteiger partial charge in [-0.3, -0.25) is 14.9 Å². The Hall–Kier alpha value is -2.19. The van der Waals surface area contributed by atoms with Gasteiger partial charge in [-0.05, 0) is 6.07 Å². The third-order valence-electron chi connectivity index (χ3n) is 3.49. The number of rotatable bonds is 6. The zero-order valence-electron chi connectivity index (χ0n) is 11.6. The average Bonchev–Trinajstić information content (AvgIpc) is 2.45. The van der Waals surface area contributed by atoms with E-state index in [9.17, 15) is 20.0 Å². The van der Waals surface area contributed by atoms with Gasteiger partial charge in [-0.15, -0.1) is 0 Å². The van der Waals surface area contributed by atoms with Gasteiger partial charge < -0.3 is 20.5 Å². The number of nitrogens with one attached hydrogen (secondary N) is 2. The fraction of sp³-hybridized carbons (Fsp3) is 0.462. The van der Waals surface area contributed by atoms with Gasteiger partial charge in [0.25, 0.3) is 11.6 Å². The highest BCUT2D eigenvalue weighted by Gasteiger charge is 2.38. The van der Waals surface area contributed by atoms with Crippen LogP contribution in [0.1, 0.15) is 10.4 Å². The van der Waals surface area contributed by atoms with E-state index in [-0.39, 0.29) is 23.3 Å². The SMILES string of the molecule is CNC(=O)c1cc([N+](=O)[O-])ccc1NCC1(CO)COC1. The molecule has 1 fully saturated rings. The van der Waals surface area contributed by atoms with E-state index in [1.165, 1.54) is 25.2 Å². The zero-order valence-corrected chi connectivity index (χ0v) is 11.6. The molecule has 3 N–H and O–H groups in total. The molecule has 1 amide bonds. The number of aliphatic hydroxyl groups excluding tert-OH is 1. The number of nitro groups is 1. The minimum absolute atomic E-state index is 0.0255. The highest BCUT2D eigenvalue weighted by Crippen LogP contribution is 2.29. The second kappa shape index (κ2) is 6.06. The molecule has 8 nitrogen and oxygen atoms in total. The standard InChI is InChI=1S/C13H17N3O5/c1-14-12(18)10-4-9(16(19)20)2-3-11(10)15-5-13(6-17)7-21-8-13/h2-4,15,17H,5-8H2,1H3,(H,14,18). The summed E-state index contributed by atoms with van der Waals surface area (Å²) in [7, 11) is 1.46. The Morgan fingerprint density at radius 3 is 2.71 bits per heavy atom. The summed E-state index contributed by atoms with van der Waals surface area (Å²) in [6.45, 7) is 1.28. The maximum Gasteiger partial charge on any atom is 0.270 e. The minimum atomic E-state index is -0.550. The van der Waals surface area contributed by atoms with E-state index in [0.717, 1.165) is 0 Å². The monoisotopic (exact) mass is 295 g/mol. The van der Waals surface area contributed by atoms with Crippen molar-refractivity contribution in [3.05, 3.63) is 33.9 Å². The molecule has 2 rings (SSSR count). The predicted molar refractivity (Wildman–Crippen MR) is 75.3 cm³/mol. The Bertz CT molecular complexity index is 551. The normalized spacial score (nSPS) is 15.9. The van der Waals surface area contributed by atoms with Gasteiger partial charge in [-0.1, -0.05) is 0 Å². The second-order valence-corrected chi connectivity index (χ2v) is 5.07. The molecule has 0 spiro atoms. The number of nitrogens with zero attached hydrogens (tertiary/aromatic N) is 1. The number of hydrogen-bond donors (Lipinski definition) is 3. The van der Waals surface area contributed by atoms with Crippen LogP contribution in [-0.4, -0.2) is 49.4 Å². The minimum Gasteiger partial charge on any atom is -0.396 e. The molecular weight excluding hydrogens is 278 g/mol. The molecule has 1 aliphatic heterocycles. The van der Waals surface area contributed by atoms with E-state index >= 15 is 0 Å². The number of non-ortho nitro benzene ring substituents is 1. The van der Waals surface area contributed by atoms with Gasteiger partial charge in [-0.25, -0.2) is 0 Å². The Labute approximate surface area is 121 Å². The molecule has 0 unspecified atom stereocenters. The van der Waals surface area contributed by atoms with Crippen molar-refractivity contribution in [1.29, 1.82) is 0 Å². The van der Waals surface area contributed by atoms with Gasteiger partial charge in [0.1, 0.15) is 0 Å². The third kappa shape index (κ3) is 3.11. The van der Waals surface area contributed by atoms with Gasteiger partial charge in [0.2, 0.25) is 0 Å². The van der Waals surface area contributed by atoms with Crippen LogP contribution in [0.3, 0.4) is 0 Å². The van der Waals surface area contributed by atoms with Crippen LogP contribution in [0, 0.1) is 15.5 Å². The van der Waals surface area contributed by atoms with Gasteiger partial charge in [0.05, 0.1) is 35.7 Å². The summed E-state index contributed by atoms with van der Waals surface area (Å²) in [5, 5.41) is 25.7. The molecule has 1 heterocycles. The van der Waals surface area contributed by atoms with E-state index < -0.39 is 10.8 Å². The van der Waals surface area contributed by atoms with E-state index in [1.54, 1.807) is 0 Å². The number of hydrogen-bond acceptors (Lipinski definition) is 6. The van der Waals surface area contributed by atoms with Crippen molar-refractivity contribution in [2.24, 2.45) is 5.41 Å². The number of anilines is 1. The zero-order chi connectivity index (χ0) is 15.5. The Kier molecular flexibility index (Phi) is 4.39. The molecule has 21 heavy (non-hydrogen) atoms. The highest BCUT2D eigenvalue weighted by molar-refractivity contribution is 6.00. The predicted octanol–water partition coefficient (Wildman–Crippen LogP) is 0.375. The summed E-state index contributed by atoms with van der Waals surface area (Å²) in [6, 6.07) is 4.05. The summed E-state index contributed by atoms with van der Waals surface area (Å²) in [5.41, 5.74) is 0.171. The van der Waals surface area contributed by atoms with Crippen LogP contribution in [-0.2, 0) is 4.74 Å². The highest BCUT2D eigenvalue weighted by atomic mass is 16.6. The summed E-state index contributed by atoms with van der Waals surface area (Å²) in [4.78, 5) is 22.1. The molecule has 1 saturated heterocycles. The number of ether oxygens (including phenoxy) is 1. The van der Waals surface area contributed by atoms with Crippen molar-refractivity contribution in [2.75, 3.05) is 38.7 Å². The number of aliphatic hydroxyl groups is 1. The summed E-state index contributed by atoms with van der Waals surface area (Å²) < 4.78 is 5.10. The van der Waals surface area contributed by atoms with Crippen molar-refractivity contribution >= 4 is 17.3 Å². The summed E-state index contributed by atoms with van der Waals surface area (Å²) >= 11 is 0. The summed E-state index contributed by atoms with van der Waals surface area (Å²) in [6.07, 6.45) is 0. The van der Waals surface area contributed by atoms with E-state index in [4.69, 9.17) is 4.74 Å². The average molecular weight is 295 g/mol. The first-order chi connectivity index (χ1) is 10.0. The lowest BCUT2D eigenvalue weighted by atomic mass is 9.87. The number of carbonyl (C=O) groups excluding carboxylic acids is 1. The van der Waals surface area contributed by atoms with Crippen molar-refractivity contribution < 1.29 is 19.6 Å². The fourth-order valence-corrected chi connectivity index (χ4v) is 2.05. The van der Waals surface area contributed by atoms with E-state index in [2.05, 4.69) is 10.6 Å². The van der Waals surface area contributed by atoms with Crippen molar-refractivity contribution in [1.82, 2.24) is 5.32 Å². The topological polar surface area (TPSA) is 114 Å². The Morgan fingerprint density at radius 1 is 1.52 bits per heavy atom. The first-order valence-corrected chi connectivity index (χ1v) is 6.44. The molecule has 0 aromatic heterocycles. The third-order valence-corrected chi connectivity index (χ3v) is 3.49. The van der Waals surface area contributed by atoms with Crippen LogP contribution in [0.2, 0.25) is 0 Å². The number of nitro benzene ring substituents is 1. The molecule has 0 atom stereocenters. The van der Waals surface area contributed by atoms with Crippen LogP contribution in [0.4, 0.5) is 11.4 Å². The fourth-order valence-electron chi connectivity index (χ4n) is 2.05. The van der Waals surface area contributed by atoms with Crippen LogP contribution in [0.15, 0.2) is 18.2 Å². The summed E-state index contributed by atoms with van der Waals surface area (Å²) in [5.74, 6) is -0.413. The largest absolute Gasteiger partial charge is 0.396 e. The number of carbonyl (C=O) groups is 1. The molecule has 0 saturated carbocycles. The van der Waals surface area contributed by atoms with Gasteiger partial charge >= 0.3 is 0 Å².